The fourth-order valence-electron chi connectivity index (χ4n) is 1.00. The summed E-state index contributed by atoms with van der Waals surface area (Å²) in [7, 11) is 0. The van der Waals surface area contributed by atoms with Crippen LogP contribution in [0.5, 0.6) is 0 Å². The number of aromatic nitrogens is 3. The molecule has 0 radical (unpaired) electrons. The van der Waals surface area contributed by atoms with Gasteiger partial charge in [0.1, 0.15) is 0 Å². The molecule has 1 unspecified atom stereocenters. The van der Waals surface area contributed by atoms with E-state index in [1.807, 2.05) is 0 Å². The summed E-state index contributed by atoms with van der Waals surface area (Å²) in [6, 6.07) is 0. The number of halogens is 2. The molecule has 0 bridgehead atoms. The average Bonchev–Trinajstić information content (AvgIpc) is 2.10. The van der Waals surface area contributed by atoms with Gasteiger partial charge in [0.25, 0.3) is 0 Å². The monoisotopic (exact) mass is 250 g/mol. The first-order valence-electron chi connectivity index (χ1n) is 4.57. The van der Waals surface area contributed by atoms with E-state index < -0.39 is 0 Å². The van der Waals surface area contributed by atoms with Crippen molar-refractivity contribution < 1.29 is 5.11 Å². The molecule has 1 atom stereocenters. The highest BCUT2D eigenvalue weighted by Gasteiger charge is 2.02. The highest BCUT2D eigenvalue weighted by Crippen LogP contribution is 2.09. The van der Waals surface area contributed by atoms with Crippen LogP contribution in [-0.4, -0.2) is 32.7 Å². The standard InChI is InChI=1S/C8H12Cl2N4O/c1-5(15)3-2-4-11-8-13-6(9)12-7(10)14-8/h5,15H,2-4H2,1H3,(H,11,12,13,14). The van der Waals surface area contributed by atoms with Gasteiger partial charge in [-0.05, 0) is 43.0 Å². The highest BCUT2D eigenvalue weighted by atomic mass is 35.5. The first-order chi connectivity index (χ1) is 7.08. The van der Waals surface area contributed by atoms with Gasteiger partial charge in [-0.3, -0.25) is 0 Å². The molecule has 15 heavy (non-hydrogen) atoms. The van der Waals surface area contributed by atoms with Crippen LogP contribution >= 0.6 is 23.2 Å². The zero-order chi connectivity index (χ0) is 11.3. The van der Waals surface area contributed by atoms with Crippen LogP contribution in [0.25, 0.3) is 0 Å². The maximum absolute atomic E-state index is 9.03. The van der Waals surface area contributed by atoms with E-state index in [9.17, 15) is 0 Å². The SMILES string of the molecule is CC(O)CCCNc1nc(Cl)nc(Cl)n1. The van der Waals surface area contributed by atoms with Crippen molar-refractivity contribution in [2.24, 2.45) is 0 Å². The van der Waals surface area contributed by atoms with Crippen LogP contribution in [0.2, 0.25) is 10.6 Å². The van der Waals surface area contributed by atoms with Gasteiger partial charge in [0.15, 0.2) is 0 Å². The molecule has 0 aliphatic carbocycles. The molecule has 1 aromatic heterocycles. The fraction of sp³-hybridized carbons (Fsp3) is 0.625. The predicted octanol–water partition coefficient (Wildman–Crippen LogP) is 1.75. The molecular weight excluding hydrogens is 239 g/mol. The molecule has 0 aliphatic heterocycles. The summed E-state index contributed by atoms with van der Waals surface area (Å²) in [6.07, 6.45) is 1.25. The van der Waals surface area contributed by atoms with Crippen LogP contribution in [-0.2, 0) is 0 Å². The third-order valence-corrected chi connectivity index (χ3v) is 2.00. The zero-order valence-corrected chi connectivity index (χ0v) is 9.76. The topological polar surface area (TPSA) is 70.9 Å². The van der Waals surface area contributed by atoms with Crippen LogP contribution in [0.15, 0.2) is 0 Å². The van der Waals surface area contributed by atoms with E-state index in [2.05, 4.69) is 20.3 Å². The van der Waals surface area contributed by atoms with Crippen LogP contribution < -0.4 is 5.32 Å². The second-order valence-corrected chi connectivity index (χ2v) is 3.79. The largest absolute Gasteiger partial charge is 0.393 e. The van der Waals surface area contributed by atoms with Crippen molar-refractivity contribution in [2.75, 3.05) is 11.9 Å². The Labute approximate surface area is 97.9 Å². The molecule has 0 fully saturated rings. The molecule has 2 N–H and O–H groups in total. The van der Waals surface area contributed by atoms with Crippen molar-refractivity contribution in [3.8, 4) is 0 Å². The number of aliphatic hydroxyl groups excluding tert-OH is 1. The van der Waals surface area contributed by atoms with Crippen LogP contribution in [0.4, 0.5) is 5.95 Å². The molecule has 0 spiro atoms. The maximum atomic E-state index is 9.03. The quantitative estimate of drug-likeness (QED) is 0.780. The molecular formula is C8H12Cl2N4O. The molecule has 0 saturated heterocycles. The molecule has 0 saturated carbocycles. The molecule has 0 aromatic carbocycles. The van der Waals surface area contributed by atoms with Crippen molar-refractivity contribution in [1.82, 2.24) is 15.0 Å². The van der Waals surface area contributed by atoms with Crippen molar-refractivity contribution in [3.63, 3.8) is 0 Å². The summed E-state index contributed by atoms with van der Waals surface area (Å²) in [5, 5.41) is 12.1. The summed E-state index contributed by atoms with van der Waals surface area (Å²) in [4.78, 5) is 11.3. The van der Waals surface area contributed by atoms with E-state index in [-0.39, 0.29) is 16.7 Å². The molecule has 1 aromatic rings. The van der Waals surface area contributed by atoms with Crippen molar-refractivity contribution in [1.29, 1.82) is 0 Å². The summed E-state index contributed by atoms with van der Waals surface area (Å²) in [5.41, 5.74) is 0. The molecule has 0 aliphatic rings. The average molecular weight is 251 g/mol. The Hall–Kier alpha value is -0.650. The third-order valence-electron chi connectivity index (χ3n) is 1.66. The zero-order valence-electron chi connectivity index (χ0n) is 8.24. The number of nitrogens with one attached hydrogen (secondary N) is 1. The Kier molecular flexibility index (Phi) is 5.01. The molecule has 7 heteroatoms. The Balaban J connectivity index is 2.37. The Morgan fingerprint density at radius 3 is 2.40 bits per heavy atom. The molecule has 84 valence electrons. The van der Waals surface area contributed by atoms with Gasteiger partial charge in [0.2, 0.25) is 16.5 Å². The van der Waals surface area contributed by atoms with Gasteiger partial charge in [-0.25, -0.2) is 0 Å². The molecule has 1 rings (SSSR count). The van der Waals surface area contributed by atoms with Gasteiger partial charge in [0, 0.05) is 6.54 Å². The maximum Gasteiger partial charge on any atom is 0.228 e. The molecule has 1 heterocycles. The normalized spacial score (nSPS) is 12.5. The van der Waals surface area contributed by atoms with Crippen LogP contribution in [0.1, 0.15) is 19.8 Å². The highest BCUT2D eigenvalue weighted by molar-refractivity contribution is 6.31. The number of anilines is 1. The van der Waals surface area contributed by atoms with E-state index in [0.29, 0.717) is 12.5 Å². The van der Waals surface area contributed by atoms with Crippen molar-refractivity contribution in [2.45, 2.75) is 25.9 Å². The summed E-state index contributed by atoms with van der Waals surface area (Å²) < 4.78 is 0. The lowest BCUT2D eigenvalue weighted by atomic mass is 10.2. The minimum Gasteiger partial charge on any atom is -0.393 e. The number of rotatable bonds is 5. The predicted molar refractivity (Wildman–Crippen MR) is 59.3 cm³/mol. The van der Waals surface area contributed by atoms with E-state index in [1.165, 1.54) is 0 Å². The number of hydrogen-bond acceptors (Lipinski definition) is 5. The minimum absolute atomic E-state index is 0.0630. The van der Waals surface area contributed by atoms with Gasteiger partial charge in [0.05, 0.1) is 6.10 Å². The van der Waals surface area contributed by atoms with Gasteiger partial charge in [-0.15, -0.1) is 0 Å². The van der Waals surface area contributed by atoms with Gasteiger partial charge < -0.3 is 10.4 Å². The number of nitrogens with zero attached hydrogens (tertiary/aromatic N) is 3. The fourth-order valence-corrected chi connectivity index (χ4v) is 1.37. The first kappa shape index (κ1) is 12.4. The van der Waals surface area contributed by atoms with Crippen molar-refractivity contribution >= 4 is 29.2 Å². The Bertz CT molecular complexity index is 301. The summed E-state index contributed by atoms with van der Waals surface area (Å²) in [6.45, 7) is 2.40. The lowest BCUT2D eigenvalue weighted by molar-refractivity contribution is 0.183. The van der Waals surface area contributed by atoms with Gasteiger partial charge in [-0.2, -0.15) is 15.0 Å². The first-order valence-corrected chi connectivity index (χ1v) is 5.32. The van der Waals surface area contributed by atoms with E-state index in [0.717, 1.165) is 12.8 Å². The lowest BCUT2D eigenvalue weighted by Crippen LogP contribution is -2.09. The number of aliphatic hydroxyl groups is 1. The number of hydrogen-bond donors (Lipinski definition) is 2. The summed E-state index contributed by atoms with van der Waals surface area (Å²) >= 11 is 11.2. The minimum atomic E-state index is -0.294. The smallest absolute Gasteiger partial charge is 0.228 e. The van der Waals surface area contributed by atoms with Crippen LogP contribution in [0.3, 0.4) is 0 Å². The molecule has 5 nitrogen and oxygen atoms in total. The second kappa shape index (κ2) is 6.05. The van der Waals surface area contributed by atoms with Gasteiger partial charge >= 0.3 is 0 Å². The van der Waals surface area contributed by atoms with E-state index >= 15 is 0 Å². The molecule has 0 amide bonds. The third kappa shape index (κ3) is 5.11. The second-order valence-electron chi connectivity index (χ2n) is 3.12. The van der Waals surface area contributed by atoms with Crippen LogP contribution in [0, 0.1) is 0 Å². The lowest BCUT2D eigenvalue weighted by Gasteiger charge is -2.06. The van der Waals surface area contributed by atoms with E-state index in [4.69, 9.17) is 28.3 Å². The van der Waals surface area contributed by atoms with E-state index in [1.54, 1.807) is 6.92 Å². The Morgan fingerprint density at radius 1 is 1.27 bits per heavy atom. The van der Waals surface area contributed by atoms with Gasteiger partial charge in [-0.1, -0.05) is 0 Å². The Morgan fingerprint density at radius 2 is 1.87 bits per heavy atom. The van der Waals surface area contributed by atoms with Crippen molar-refractivity contribution in [3.05, 3.63) is 10.6 Å². The summed E-state index contributed by atoms with van der Waals surface area (Å²) in [5.74, 6) is 0.352.